The molecule has 0 radical (unpaired) electrons. The maximum Gasteiger partial charge on any atom is 0.250 e. The van der Waals surface area contributed by atoms with Crippen molar-refractivity contribution >= 4 is 9.84 Å². The first-order valence-electron chi connectivity index (χ1n) is 9.95. The lowest BCUT2D eigenvalue weighted by Crippen LogP contribution is -2.19. The maximum absolute atomic E-state index is 12.2. The van der Waals surface area contributed by atoms with E-state index in [0.29, 0.717) is 6.54 Å². The minimum atomic E-state index is -3.03. The second-order valence-electron chi connectivity index (χ2n) is 7.72. The van der Waals surface area contributed by atoms with Gasteiger partial charge in [-0.25, -0.2) is 13.1 Å². The Labute approximate surface area is 170 Å². The Bertz CT molecular complexity index is 1200. The zero-order chi connectivity index (χ0) is 20.6. The Morgan fingerprint density at radius 3 is 2.62 bits per heavy atom. The van der Waals surface area contributed by atoms with E-state index in [1.807, 2.05) is 50.5 Å². The van der Waals surface area contributed by atoms with Gasteiger partial charge in [0.05, 0.1) is 22.4 Å². The third-order valence-electron chi connectivity index (χ3n) is 5.25. The highest BCUT2D eigenvalue weighted by atomic mass is 32.2. The average molecular weight is 412 g/mol. The van der Waals surface area contributed by atoms with E-state index in [2.05, 4.69) is 5.10 Å². The molecule has 2 aromatic heterocycles. The second kappa shape index (κ2) is 7.63. The smallest absolute Gasteiger partial charge is 0.250 e. The van der Waals surface area contributed by atoms with Gasteiger partial charge in [0.2, 0.25) is 0 Å². The van der Waals surface area contributed by atoms with E-state index in [0.717, 1.165) is 47.3 Å². The average Bonchev–Trinajstić information content (AvgIpc) is 3.43. The van der Waals surface area contributed by atoms with Crippen molar-refractivity contribution in [1.29, 1.82) is 0 Å². The fourth-order valence-corrected chi connectivity index (χ4v) is 5.30. The maximum atomic E-state index is 12.2. The van der Waals surface area contributed by atoms with Crippen LogP contribution in [-0.4, -0.2) is 28.0 Å². The molecule has 7 heteroatoms. The van der Waals surface area contributed by atoms with Gasteiger partial charge >= 0.3 is 0 Å². The Morgan fingerprint density at radius 1 is 1.14 bits per heavy atom. The number of hydrogen-bond acceptors (Lipinski definition) is 4. The minimum absolute atomic E-state index is 0.0180. The van der Waals surface area contributed by atoms with E-state index in [1.165, 1.54) is 0 Å². The fourth-order valence-electron chi connectivity index (χ4n) is 3.56. The molecule has 0 atom stereocenters. The first-order chi connectivity index (χ1) is 13.9. The van der Waals surface area contributed by atoms with Crippen LogP contribution in [0.2, 0.25) is 0 Å². The molecule has 0 spiro atoms. The molecule has 6 nitrogen and oxygen atoms in total. The number of aryl methyl sites for hydroxylation is 2. The first-order valence-corrected chi connectivity index (χ1v) is 11.7. The summed E-state index contributed by atoms with van der Waals surface area (Å²) in [6.45, 7) is 4.68. The van der Waals surface area contributed by atoms with Gasteiger partial charge in [-0.15, -0.1) is 0 Å². The highest BCUT2D eigenvalue weighted by Crippen LogP contribution is 2.32. The zero-order valence-electron chi connectivity index (χ0n) is 16.7. The van der Waals surface area contributed by atoms with Crippen LogP contribution in [0.15, 0.2) is 53.6 Å². The number of hydrogen-bond donors (Lipinski definition) is 0. The van der Waals surface area contributed by atoms with Crippen molar-refractivity contribution in [3.05, 3.63) is 70.3 Å². The van der Waals surface area contributed by atoms with Gasteiger partial charge < -0.3 is 4.57 Å². The molecule has 0 bridgehead atoms. The van der Waals surface area contributed by atoms with Gasteiger partial charge in [0.15, 0.2) is 9.84 Å². The summed E-state index contributed by atoms with van der Waals surface area (Å²) in [4.78, 5) is 11.9. The summed E-state index contributed by atoms with van der Waals surface area (Å²) in [5, 5.41) is 4.52. The molecule has 0 amide bonds. The Balaban J connectivity index is 1.59. The van der Waals surface area contributed by atoms with Crippen LogP contribution < -0.4 is 5.56 Å². The second-order valence-corrected chi connectivity index (χ2v) is 10.0. The molecule has 1 aliphatic rings. The van der Waals surface area contributed by atoms with E-state index < -0.39 is 9.84 Å². The number of pyridine rings is 1. The predicted octanol–water partition coefficient (Wildman–Crippen LogP) is 3.50. The van der Waals surface area contributed by atoms with Crippen LogP contribution in [0.4, 0.5) is 0 Å². The first kappa shape index (κ1) is 19.6. The van der Waals surface area contributed by atoms with Gasteiger partial charge in [-0.3, -0.25) is 4.79 Å². The van der Waals surface area contributed by atoms with Gasteiger partial charge in [0, 0.05) is 30.6 Å². The summed E-state index contributed by atoms with van der Waals surface area (Å²) in [5.74, 6) is 0.103. The molecule has 0 N–H and O–H groups in total. The van der Waals surface area contributed by atoms with Crippen molar-refractivity contribution in [2.24, 2.45) is 0 Å². The van der Waals surface area contributed by atoms with Crippen molar-refractivity contribution in [2.75, 3.05) is 0 Å². The molecule has 152 valence electrons. The van der Waals surface area contributed by atoms with Crippen LogP contribution in [0.25, 0.3) is 16.9 Å². The minimum Gasteiger partial charge on any atom is -0.313 e. The number of rotatable bonds is 7. The van der Waals surface area contributed by atoms with Gasteiger partial charge in [-0.05, 0) is 49.4 Å². The van der Waals surface area contributed by atoms with Crippen molar-refractivity contribution in [1.82, 2.24) is 14.3 Å². The topological polar surface area (TPSA) is 74.0 Å². The summed E-state index contributed by atoms with van der Waals surface area (Å²) in [6, 6.07) is 11.0. The van der Waals surface area contributed by atoms with Crippen molar-refractivity contribution in [2.45, 2.75) is 50.7 Å². The van der Waals surface area contributed by atoms with Crippen LogP contribution in [0.5, 0.6) is 0 Å². The normalized spacial score (nSPS) is 14.3. The summed E-state index contributed by atoms with van der Waals surface area (Å²) in [7, 11) is -3.03. The third kappa shape index (κ3) is 4.19. The predicted molar refractivity (Wildman–Crippen MR) is 114 cm³/mol. The standard InChI is InChI=1S/C22H25N3O3S/c1-3-11-24-14-18(5-9-22(24)26)25-12-10-21(23-25)20-8-4-17(13-16(20)2)15-29(27,28)19-6-7-19/h4-5,8-10,12-14,19H,3,6-7,11,15H2,1-2H3. The van der Waals surface area contributed by atoms with Crippen LogP contribution in [0, 0.1) is 6.92 Å². The van der Waals surface area contributed by atoms with Crippen molar-refractivity contribution < 1.29 is 8.42 Å². The molecule has 4 rings (SSSR count). The zero-order valence-corrected chi connectivity index (χ0v) is 17.5. The lowest BCUT2D eigenvalue weighted by molar-refractivity contribution is 0.594. The highest BCUT2D eigenvalue weighted by molar-refractivity contribution is 7.91. The third-order valence-corrected chi connectivity index (χ3v) is 7.48. The van der Waals surface area contributed by atoms with Gasteiger partial charge in [-0.2, -0.15) is 5.10 Å². The van der Waals surface area contributed by atoms with E-state index in [9.17, 15) is 13.2 Å². The molecule has 2 heterocycles. The summed E-state index contributed by atoms with van der Waals surface area (Å²) >= 11 is 0. The van der Waals surface area contributed by atoms with Crippen LogP contribution >= 0.6 is 0 Å². The molecule has 29 heavy (non-hydrogen) atoms. The fraction of sp³-hybridized carbons (Fsp3) is 0.364. The lowest BCUT2D eigenvalue weighted by atomic mass is 10.0. The van der Waals surface area contributed by atoms with E-state index >= 15 is 0 Å². The van der Waals surface area contributed by atoms with Crippen molar-refractivity contribution in [3.63, 3.8) is 0 Å². The van der Waals surface area contributed by atoms with Crippen LogP contribution in [0.3, 0.4) is 0 Å². The monoisotopic (exact) mass is 411 g/mol. The highest BCUT2D eigenvalue weighted by Gasteiger charge is 2.35. The molecular weight excluding hydrogens is 386 g/mol. The molecule has 1 fully saturated rings. The summed E-state index contributed by atoms with van der Waals surface area (Å²) in [5.41, 5.74) is 4.41. The van der Waals surface area contributed by atoms with Crippen molar-refractivity contribution in [3.8, 4) is 16.9 Å². The van der Waals surface area contributed by atoms with E-state index in [1.54, 1.807) is 21.4 Å². The summed E-state index contributed by atoms with van der Waals surface area (Å²) < 4.78 is 27.9. The molecule has 1 aliphatic carbocycles. The summed E-state index contributed by atoms with van der Waals surface area (Å²) in [6.07, 6.45) is 6.16. The van der Waals surface area contributed by atoms with E-state index in [-0.39, 0.29) is 16.6 Å². The Hall–Kier alpha value is -2.67. The Morgan fingerprint density at radius 2 is 1.93 bits per heavy atom. The van der Waals surface area contributed by atoms with Gasteiger partial charge in [-0.1, -0.05) is 25.1 Å². The Kier molecular flexibility index (Phi) is 5.17. The number of aromatic nitrogens is 3. The SMILES string of the molecule is CCCn1cc(-n2ccc(-c3ccc(CS(=O)(=O)C4CC4)cc3C)n2)ccc1=O. The number of sulfone groups is 1. The molecule has 0 aliphatic heterocycles. The molecule has 0 unspecified atom stereocenters. The van der Waals surface area contributed by atoms with Crippen LogP contribution in [0.1, 0.15) is 37.3 Å². The van der Waals surface area contributed by atoms with Crippen LogP contribution in [-0.2, 0) is 22.1 Å². The molecular formula is C22H25N3O3S. The number of benzene rings is 1. The quantitative estimate of drug-likeness (QED) is 0.596. The molecule has 1 aromatic carbocycles. The lowest BCUT2D eigenvalue weighted by Gasteiger charge is -2.08. The van der Waals surface area contributed by atoms with Gasteiger partial charge in [0.25, 0.3) is 5.56 Å². The largest absolute Gasteiger partial charge is 0.313 e. The number of nitrogens with zero attached hydrogens (tertiary/aromatic N) is 3. The van der Waals surface area contributed by atoms with E-state index in [4.69, 9.17) is 0 Å². The molecule has 3 aromatic rings. The van der Waals surface area contributed by atoms with Gasteiger partial charge in [0.1, 0.15) is 0 Å². The molecule has 1 saturated carbocycles. The molecule has 0 saturated heterocycles.